The van der Waals surface area contributed by atoms with Crippen LogP contribution < -0.4 is 10.2 Å². The van der Waals surface area contributed by atoms with Gasteiger partial charge in [-0.1, -0.05) is 18.2 Å². The molecule has 104 valence electrons. The van der Waals surface area contributed by atoms with Gasteiger partial charge in [-0.3, -0.25) is 10.1 Å². The highest BCUT2D eigenvalue weighted by atomic mass is 16.6. The van der Waals surface area contributed by atoms with Crippen LogP contribution in [0.3, 0.4) is 0 Å². The smallest absolute Gasteiger partial charge is 0.305 e. The number of nitro groups is 1. The molecule has 0 amide bonds. The molecule has 0 saturated carbocycles. The van der Waals surface area contributed by atoms with Crippen molar-refractivity contribution in [2.75, 3.05) is 30.4 Å². The third-order valence-corrected chi connectivity index (χ3v) is 2.78. The Morgan fingerprint density at radius 1 is 1.25 bits per heavy atom. The molecule has 0 radical (unpaired) electrons. The fourth-order valence-corrected chi connectivity index (χ4v) is 1.65. The number of rotatable bonds is 6. The van der Waals surface area contributed by atoms with Crippen LogP contribution in [0.5, 0.6) is 0 Å². The summed E-state index contributed by atoms with van der Waals surface area (Å²) in [6, 6.07) is 10.0. The molecule has 0 atom stereocenters. The van der Waals surface area contributed by atoms with Crippen molar-refractivity contribution >= 4 is 17.3 Å². The van der Waals surface area contributed by atoms with Gasteiger partial charge >= 0.3 is 5.69 Å². The van der Waals surface area contributed by atoms with E-state index in [9.17, 15) is 10.1 Å². The van der Waals surface area contributed by atoms with Crippen LogP contribution in [-0.4, -0.2) is 35.0 Å². The predicted molar refractivity (Wildman–Crippen MR) is 76.9 cm³/mol. The number of likely N-dealkylation sites (N-methyl/N-ethyl adjacent to an activating group) is 1. The molecule has 1 N–H and O–H groups in total. The molecule has 0 aliphatic carbocycles. The number of benzene rings is 1. The van der Waals surface area contributed by atoms with Gasteiger partial charge in [-0.15, -0.1) is 0 Å². The standard InChI is InChI=1S/C13H15N5O2/c1-17(11-5-3-2-4-6-11)8-7-14-13-15-9-12(10-16-13)18(19)20/h2-6,9-10H,7-8H2,1H3,(H,14,15,16). The van der Waals surface area contributed by atoms with Gasteiger partial charge < -0.3 is 10.2 Å². The molecule has 0 saturated heterocycles. The van der Waals surface area contributed by atoms with E-state index in [0.29, 0.717) is 12.5 Å². The molecular weight excluding hydrogens is 258 g/mol. The van der Waals surface area contributed by atoms with Crippen LogP contribution in [0.25, 0.3) is 0 Å². The topological polar surface area (TPSA) is 84.2 Å². The minimum atomic E-state index is -0.521. The molecule has 1 heterocycles. The Morgan fingerprint density at radius 2 is 1.90 bits per heavy atom. The van der Waals surface area contributed by atoms with E-state index >= 15 is 0 Å². The Bertz CT molecular complexity index is 559. The molecule has 20 heavy (non-hydrogen) atoms. The fraction of sp³-hybridized carbons (Fsp3) is 0.231. The van der Waals surface area contributed by atoms with E-state index in [1.807, 2.05) is 37.4 Å². The van der Waals surface area contributed by atoms with Gasteiger partial charge in [-0.05, 0) is 12.1 Å². The average molecular weight is 273 g/mol. The van der Waals surface area contributed by atoms with Gasteiger partial charge in [-0.2, -0.15) is 0 Å². The van der Waals surface area contributed by atoms with Gasteiger partial charge in [-0.25, -0.2) is 9.97 Å². The number of anilines is 2. The monoisotopic (exact) mass is 273 g/mol. The van der Waals surface area contributed by atoms with Crippen LogP contribution in [0.2, 0.25) is 0 Å². The quantitative estimate of drug-likeness (QED) is 0.639. The first-order chi connectivity index (χ1) is 9.66. The molecule has 2 rings (SSSR count). The van der Waals surface area contributed by atoms with Crippen molar-refractivity contribution in [1.29, 1.82) is 0 Å². The van der Waals surface area contributed by atoms with Crippen molar-refractivity contribution in [2.24, 2.45) is 0 Å². The highest BCUT2D eigenvalue weighted by Crippen LogP contribution is 2.11. The molecule has 0 aliphatic rings. The number of aromatic nitrogens is 2. The lowest BCUT2D eigenvalue weighted by Crippen LogP contribution is -2.25. The van der Waals surface area contributed by atoms with Crippen molar-refractivity contribution < 1.29 is 4.92 Å². The third-order valence-electron chi connectivity index (χ3n) is 2.78. The number of hydrogen-bond acceptors (Lipinski definition) is 6. The summed E-state index contributed by atoms with van der Waals surface area (Å²) in [5, 5.41) is 13.5. The van der Waals surface area contributed by atoms with Crippen molar-refractivity contribution in [3.63, 3.8) is 0 Å². The van der Waals surface area contributed by atoms with Crippen LogP contribution in [-0.2, 0) is 0 Å². The summed E-state index contributed by atoms with van der Waals surface area (Å²) >= 11 is 0. The number of para-hydroxylation sites is 1. The lowest BCUT2D eigenvalue weighted by atomic mass is 10.3. The summed E-state index contributed by atoms with van der Waals surface area (Å²) in [7, 11) is 1.99. The third kappa shape index (κ3) is 3.64. The Balaban J connectivity index is 1.82. The van der Waals surface area contributed by atoms with Crippen LogP contribution in [0.4, 0.5) is 17.3 Å². The molecule has 0 aliphatic heterocycles. The molecule has 7 nitrogen and oxygen atoms in total. The second kappa shape index (κ2) is 6.46. The first-order valence-corrected chi connectivity index (χ1v) is 6.13. The Kier molecular flexibility index (Phi) is 4.43. The van der Waals surface area contributed by atoms with Gasteiger partial charge in [0, 0.05) is 25.8 Å². The molecular formula is C13H15N5O2. The SMILES string of the molecule is CN(CCNc1ncc([N+](=O)[O-])cn1)c1ccccc1. The number of nitrogens with zero attached hydrogens (tertiary/aromatic N) is 4. The zero-order valence-electron chi connectivity index (χ0n) is 11.1. The molecule has 0 spiro atoms. The first kappa shape index (κ1) is 13.7. The maximum absolute atomic E-state index is 10.5. The lowest BCUT2D eigenvalue weighted by molar-refractivity contribution is -0.385. The molecule has 0 fully saturated rings. The molecule has 1 aromatic carbocycles. The van der Waals surface area contributed by atoms with Gasteiger partial charge in [0.05, 0.1) is 4.92 Å². The maximum atomic E-state index is 10.5. The summed E-state index contributed by atoms with van der Waals surface area (Å²) in [5.41, 5.74) is 1.01. The zero-order valence-corrected chi connectivity index (χ0v) is 11.1. The van der Waals surface area contributed by atoms with E-state index in [1.165, 1.54) is 12.4 Å². The van der Waals surface area contributed by atoms with Crippen LogP contribution in [0.1, 0.15) is 0 Å². The summed E-state index contributed by atoms with van der Waals surface area (Å²) in [4.78, 5) is 19.8. The fourth-order valence-electron chi connectivity index (χ4n) is 1.65. The van der Waals surface area contributed by atoms with E-state index < -0.39 is 4.92 Å². The van der Waals surface area contributed by atoms with E-state index in [-0.39, 0.29) is 5.69 Å². The number of hydrogen-bond donors (Lipinski definition) is 1. The minimum Gasteiger partial charge on any atom is -0.373 e. The van der Waals surface area contributed by atoms with Crippen molar-refractivity contribution in [1.82, 2.24) is 9.97 Å². The summed E-state index contributed by atoms with van der Waals surface area (Å²) in [6.07, 6.45) is 2.38. The minimum absolute atomic E-state index is 0.114. The van der Waals surface area contributed by atoms with Crippen molar-refractivity contribution in [3.8, 4) is 0 Å². The van der Waals surface area contributed by atoms with E-state index in [1.54, 1.807) is 0 Å². The highest BCUT2D eigenvalue weighted by Gasteiger charge is 2.06. The van der Waals surface area contributed by atoms with Crippen molar-refractivity contribution in [2.45, 2.75) is 0 Å². The van der Waals surface area contributed by atoms with Crippen LogP contribution in [0.15, 0.2) is 42.7 Å². The summed E-state index contributed by atoms with van der Waals surface area (Å²) < 4.78 is 0. The lowest BCUT2D eigenvalue weighted by Gasteiger charge is -2.19. The molecule has 0 unspecified atom stereocenters. The average Bonchev–Trinajstić information content (AvgIpc) is 2.48. The van der Waals surface area contributed by atoms with Gasteiger partial charge in [0.2, 0.25) is 5.95 Å². The van der Waals surface area contributed by atoms with E-state index in [2.05, 4.69) is 20.2 Å². The van der Waals surface area contributed by atoms with Crippen molar-refractivity contribution in [3.05, 3.63) is 52.8 Å². The van der Waals surface area contributed by atoms with Gasteiger partial charge in [0.15, 0.2) is 0 Å². The predicted octanol–water partition coefficient (Wildman–Crippen LogP) is 1.93. The zero-order chi connectivity index (χ0) is 14.4. The second-order valence-corrected chi connectivity index (χ2v) is 4.21. The van der Waals surface area contributed by atoms with Crippen LogP contribution in [0, 0.1) is 10.1 Å². The van der Waals surface area contributed by atoms with E-state index in [0.717, 1.165) is 12.2 Å². The van der Waals surface area contributed by atoms with E-state index in [4.69, 9.17) is 0 Å². The first-order valence-electron chi connectivity index (χ1n) is 6.13. The molecule has 1 aromatic heterocycles. The number of nitrogens with one attached hydrogen (secondary N) is 1. The maximum Gasteiger partial charge on any atom is 0.305 e. The summed E-state index contributed by atoms with van der Waals surface area (Å²) in [6.45, 7) is 1.41. The largest absolute Gasteiger partial charge is 0.373 e. The molecule has 0 bridgehead atoms. The Hall–Kier alpha value is -2.70. The second-order valence-electron chi connectivity index (χ2n) is 4.21. The van der Waals surface area contributed by atoms with Gasteiger partial charge in [0.1, 0.15) is 12.4 Å². The van der Waals surface area contributed by atoms with Crippen LogP contribution >= 0.6 is 0 Å². The van der Waals surface area contributed by atoms with Gasteiger partial charge in [0.25, 0.3) is 0 Å². The molecule has 2 aromatic rings. The Labute approximate surface area is 116 Å². The summed E-state index contributed by atoms with van der Waals surface area (Å²) in [5.74, 6) is 0.386. The Morgan fingerprint density at radius 3 is 2.50 bits per heavy atom. The molecule has 7 heteroatoms. The highest BCUT2D eigenvalue weighted by molar-refractivity contribution is 5.45. The normalized spacial score (nSPS) is 10.1.